The van der Waals surface area contributed by atoms with E-state index in [-0.39, 0.29) is 25.1 Å². The Kier molecular flexibility index (Phi) is 3.78. The van der Waals surface area contributed by atoms with Crippen LogP contribution in [0, 0.1) is 0 Å². The first-order chi connectivity index (χ1) is 8.69. The van der Waals surface area contributed by atoms with Crippen LogP contribution in [-0.4, -0.2) is 42.6 Å². The molecule has 96 valence electrons. The zero-order valence-electron chi connectivity index (χ0n) is 9.83. The highest BCUT2D eigenvalue weighted by atomic mass is 16.6. The summed E-state index contributed by atoms with van der Waals surface area (Å²) < 4.78 is 4.96. The van der Waals surface area contributed by atoms with Gasteiger partial charge in [0.15, 0.2) is 0 Å². The highest BCUT2D eigenvalue weighted by molar-refractivity contribution is 5.94. The Balaban J connectivity index is 1.87. The number of rotatable bonds is 4. The molecule has 1 atom stereocenters. The third kappa shape index (κ3) is 2.98. The molecule has 0 saturated carbocycles. The van der Waals surface area contributed by atoms with Crippen molar-refractivity contribution in [3.8, 4) is 0 Å². The molecule has 1 fully saturated rings. The molecule has 18 heavy (non-hydrogen) atoms. The number of carbonyl (C=O) groups is 2. The Morgan fingerprint density at radius 1 is 1.44 bits per heavy atom. The van der Waals surface area contributed by atoms with Crippen molar-refractivity contribution in [1.29, 1.82) is 0 Å². The van der Waals surface area contributed by atoms with Crippen molar-refractivity contribution in [3.63, 3.8) is 0 Å². The van der Waals surface area contributed by atoms with Gasteiger partial charge in [-0.15, -0.1) is 0 Å². The molecule has 0 aromatic heterocycles. The summed E-state index contributed by atoms with van der Waals surface area (Å²) in [7, 11) is 0. The summed E-state index contributed by atoms with van der Waals surface area (Å²) in [5.41, 5.74) is 6.11. The fourth-order valence-electron chi connectivity index (χ4n) is 1.72. The van der Waals surface area contributed by atoms with Crippen molar-refractivity contribution in [1.82, 2.24) is 4.90 Å². The van der Waals surface area contributed by atoms with Gasteiger partial charge in [-0.1, -0.05) is 18.2 Å². The third-order valence-corrected chi connectivity index (χ3v) is 2.60. The van der Waals surface area contributed by atoms with E-state index in [2.05, 4.69) is 5.32 Å². The van der Waals surface area contributed by atoms with E-state index in [0.717, 1.165) is 0 Å². The normalized spacial score (nSPS) is 18.6. The zero-order valence-corrected chi connectivity index (χ0v) is 9.83. The molecule has 0 aliphatic carbocycles. The third-order valence-electron chi connectivity index (χ3n) is 2.60. The van der Waals surface area contributed by atoms with Crippen molar-refractivity contribution >= 4 is 17.7 Å². The SMILES string of the molecule is NCC1CN(CC(=O)Nc2ccccc2)C(=O)O1. The summed E-state index contributed by atoms with van der Waals surface area (Å²) in [4.78, 5) is 24.5. The summed E-state index contributed by atoms with van der Waals surface area (Å²) in [5, 5.41) is 2.70. The number of para-hydroxylation sites is 1. The Bertz CT molecular complexity index is 435. The second-order valence-corrected chi connectivity index (χ2v) is 4.04. The molecule has 2 rings (SSSR count). The van der Waals surface area contributed by atoms with Crippen LogP contribution in [0.5, 0.6) is 0 Å². The molecule has 0 radical (unpaired) electrons. The van der Waals surface area contributed by atoms with Gasteiger partial charge >= 0.3 is 6.09 Å². The topological polar surface area (TPSA) is 84.7 Å². The minimum absolute atomic E-state index is 0.0236. The van der Waals surface area contributed by atoms with Gasteiger partial charge in [-0.2, -0.15) is 0 Å². The first kappa shape index (κ1) is 12.4. The van der Waals surface area contributed by atoms with Gasteiger partial charge < -0.3 is 15.8 Å². The van der Waals surface area contributed by atoms with Crippen molar-refractivity contribution < 1.29 is 14.3 Å². The van der Waals surface area contributed by atoms with Gasteiger partial charge in [0.1, 0.15) is 12.6 Å². The van der Waals surface area contributed by atoms with E-state index in [0.29, 0.717) is 12.2 Å². The van der Waals surface area contributed by atoms with Crippen LogP contribution in [0.1, 0.15) is 0 Å². The summed E-state index contributed by atoms with van der Waals surface area (Å²) in [6.45, 7) is 0.602. The van der Waals surface area contributed by atoms with Crippen molar-refractivity contribution in [2.75, 3.05) is 25.0 Å². The number of nitrogens with zero attached hydrogens (tertiary/aromatic N) is 1. The number of hydrogen-bond acceptors (Lipinski definition) is 4. The summed E-state index contributed by atoms with van der Waals surface area (Å²) >= 11 is 0. The van der Waals surface area contributed by atoms with E-state index < -0.39 is 6.09 Å². The van der Waals surface area contributed by atoms with Crippen LogP contribution in [0.15, 0.2) is 30.3 Å². The number of carbonyl (C=O) groups excluding carboxylic acids is 2. The molecular formula is C12H15N3O3. The first-order valence-electron chi connectivity index (χ1n) is 5.69. The molecule has 6 nitrogen and oxygen atoms in total. The van der Waals surface area contributed by atoms with E-state index >= 15 is 0 Å². The molecule has 1 aromatic carbocycles. The van der Waals surface area contributed by atoms with Gasteiger partial charge in [0.05, 0.1) is 6.54 Å². The largest absolute Gasteiger partial charge is 0.443 e. The molecule has 1 aliphatic rings. The highest BCUT2D eigenvalue weighted by Gasteiger charge is 2.31. The molecule has 1 saturated heterocycles. The maximum absolute atomic E-state index is 11.7. The molecule has 0 spiro atoms. The Hall–Kier alpha value is -2.08. The van der Waals surface area contributed by atoms with E-state index in [1.54, 1.807) is 12.1 Å². The predicted molar refractivity (Wildman–Crippen MR) is 66.0 cm³/mol. The van der Waals surface area contributed by atoms with Gasteiger partial charge in [-0.05, 0) is 12.1 Å². The number of nitrogens with two attached hydrogens (primary N) is 1. The van der Waals surface area contributed by atoms with Crippen LogP contribution >= 0.6 is 0 Å². The molecule has 1 heterocycles. The molecular weight excluding hydrogens is 234 g/mol. The van der Waals surface area contributed by atoms with Crippen LogP contribution in [0.3, 0.4) is 0 Å². The lowest BCUT2D eigenvalue weighted by Crippen LogP contribution is -2.35. The van der Waals surface area contributed by atoms with E-state index in [9.17, 15) is 9.59 Å². The van der Waals surface area contributed by atoms with Crippen molar-refractivity contribution in [3.05, 3.63) is 30.3 Å². The number of anilines is 1. The number of nitrogens with one attached hydrogen (secondary N) is 1. The Labute approximate surface area is 105 Å². The second-order valence-electron chi connectivity index (χ2n) is 4.04. The quantitative estimate of drug-likeness (QED) is 0.809. The zero-order chi connectivity index (χ0) is 13.0. The lowest BCUT2D eigenvalue weighted by atomic mass is 10.3. The maximum Gasteiger partial charge on any atom is 0.410 e. The van der Waals surface area contributed by atoms with Gasteiger partial charge in [0.25, 0.3) is 0 Å². The first-order valence-corrected chi connectivity index (χ1v) is 5.69. The molecule has 1 aromatic rings. The van der Waals surface area contributed by atoms with Crippen LogP contribution < -0.4 is 11.1 Å². The molecule has 1 aliphatic heterocycles. The number of amides is 2. The number of benzene rings is 1. The van der Waals surface area contributed by atoms with Crippen molar-refractivity contribution in [2.24, 2.45) is 5.73 Å². The smallest absolute Gasteiger partial charge is 0.410 e. The Morgan fingerprint density at radius 2 is 2.17 bits per heavy atom. The van der Waals surface area contributed by atoms with E-state index in [4.69, 9.17) is 10.5 Å². The molecule has 3 N–H and O–H groups in total. The van der Waals surface area contributed by atoms with Crippen LogP contribution in [0.2, 0.25) is 0 Å². The van der Waals surface area contributed by atoms with E-state index in [1.165, 1.54) is 4.90 Å². The summed E-state index contributed by atoms with van der Waals surface area (Å²) in [5.74, 6) is -0.254. The van der Waals surface area contributed by atoms with Crippen LogP contribution in [0.4, 0.5) is 10.5 Å². The monoisotopic (exact) mass is 249 g/mol. The lowest BCUT2D eigenvalue weighted by molar-refractivity contribution is -0.116. The summed E-state index contributed by atoms with van der Waals surface area (Å²) in [6.07, 6.45) is -0.810. The minimum Gasteiger partial charge on any atom is -0.443 e. The fourth-order valence-corrected chi connectivity index (χ4v) is 1.72. The van der Waals surface area contributed by atoms with Gasteiger partial charge in [-0.3, -0.25) is 9.69 Å². The number of cyclic esters (lactones) is 1. The highest BCUT2D eigenvalue weighted by Crippen LogP contribution is 2.10. The lowest BCUT2D eigenvalue weighted by Gasteiger charge is -2.12. The molecule has 2 amide bonds. The van der Waals surface area contributed by atoms with Crippen molar-refractivity contribution in [2.45, 2.75) is 6.10 Å². The minimum atomic E-state index is -0.492. The Morgan fingerprint density at radius 3 is 2.78 bits per heavy atom. The fraction of sp³-hybridized carbons (Fsp3) is 0.333. The van der Waals surface area contributed by atoms with Crippen LogP contribution in [0.25, 0.3) is 0 Å². The summed E-state index contributed by atoms with van der Waals surface area (Å²) in [6, 6.07) is 9.07. The maximum atomic E-state index is 11.7. The molecule has 1 unspecified atom stereocenters. The average Bonchev–Trinajstić information content (AvgIpc) is 2.71. The number of hydrogen-bond donors (Lipinski definition) is 2. The second kappa shape index (κ2) is 5.50. The average molecular weight is 249 g/mol. The van der Waals surface area contributed by atoms with E-state index in [1.807, 2.05) is 18.2 Å². The standard InChI is InChI=1S/C12H15N3O3/c13-6-10-7-15(12(17)18-10)8-11(16)14-9-4-2-1-3-5-9/h1-5,10H,6-8,13H2,(H,14,16). The number of ether oxygens (including phenoxy) is 1. The molecule has 0 bridgehead atoms. The predicted octanol–water partition coefficient (Wildman–Crippen LogP) is 0.405. The van der Waals surface area contributed by atoms with Gasteiger partial charge in [0, 0.05) is 12.2 Å². The van der Waals surface area contributed by atoms with Gasteiger partial charge in [0.2, 0.25) is 5.91 Å². The molecule has 6 heteroatoms. The van der Waals surface area contributed by atoms with Crippen LogP contribution in [-0.2, 0) is 9.53 Å². The van der Waals surface area contributed by atoms with Gasteiger partial charge in [-0.25, -0.2) is 4.79 Å².